The molecule has 0 bridgehead atoms. The zero-order chi connectivity index (χ0) is 15.2. The minimum absolute atomic E-state index is 0.369. The highest BCUT2D eigenvalue weighted by molar-refractivity contribution is 9.10. The van der Waals surface area contributed by atoms with Crippen molar-refractivity contribution < 1.29 is 0 Å². The molecular formula is C15H20BrN3S2. The smallest absolute Gasteiger partial charge is 0.174 e. The van der Waals surface area contributed by atoms with E-state index in [0.29, 0.717) is 6.04 Å². The van der Waals surface area contributed by atoms with Crippen LogP contribution in [0.1, 0.15) is 44.6 Å². The molecule has 21 heavy (non-hydrogen) atoms. The van der Waals surface area contributed by atoms with E-state index in [4.69, 9.17) is 0 Å². The molecule has 0 aliphatic carbocycles. The highest BCUT2D eigenvalue weighted by Gasteiger charge is 2.10. The zero-order valence-electron chi connectivity index (χ0n) is 12.5. The second-order valence-electron chi connectivity index (χ2n) is 4.80. The second-order valence-corrected chi connectivity index (χ2v) is 7.69. The molecule has 1 atom stereocenters. The average molecular weight is 386 g/mol. The van der Waals surface area contributed by atoms with Gasteiger partial charge in [0.1, 0.15) is 5.82 Å². The molecule has 2 rings (SSSR count). The summed E-state index contributed by atoms with van der Waals surface area (Å²) >= 11 is 6.81. The summed E-state index contributed by atoms with van der Waals surface area (Å²) in [5.74, 6) is 0.924. The minimum Gasteiger partial charge on any atom is -0.310 e. The Morgan fingerprint density at radius 1 is 1.38 bits per heavy atom. The molecule has 1 aromatic carbocycles. The summed E-state index contributed by atoms with van der Waals surface area (Å²) in [6.45, 7) is 7.50. The topological polar surface area (TPSA) is 37.8 Å². The van der Waals surface area contributed by atoms with Gasteiger partial charge >= 0.3 is 0 Å². The number of aryl methyl sites for hydroxylation is 1. The lowest BCUT2D eigenvalue weighted by molar-refractivity contribution is 0.570. The van der Waals surface area contributed by atoms with Gasteiger partial charge in [-0.15, -0.1) is 0 Å². The van der Waals surface area contributed by atoms with Crippen LogP contribution in [0.25, 0.3) is 0 Å². The summed E-state index contributed by atoms with van der Waals surface area (Å²) in [4.78, 5) is 5.68. The average Bonchev–Trinajstić information content (AvgIpc) is 2.94. The predicted octanol–water partition coefficient (Wildman–Crippen LogP) is 5.07. The third-order valence-electron chi connectivity index (χ3n) is 3.12. The van der Waals surface area contributed by atoms with Gasteiger partial charge < -0.3 is 5.32 Å². The van der Waals surface area contributed by atoms with E-state index in [-0.39, 0.29) is 0 Å². The standard InChI is InChI=1S/C15H20BrN3S2/c1-4-8-17-10(3)11-6-7-13(12(16)9-11)20-15-18-14(5-2)19-21-15/h6-7,9-10,17H,4-5,8H2,1-3H3. The summed E-state index contributed by atoms with van der Waals surface area (Å²) in [6.07, 6.45) is 2.04. The Kier molecular flexibility index (Phi) is 6.67. The van der Waals surface area contributed by atoms with Crippen LogP contribution in [-0.4, -0.2) is 15.9 Å². The van der Waals surface area contributed by atoms with Crippen LogP contribution in [-0.2, 0) is 6.42 Å². The summed E-state index contributed by atoms with van der Waals surface area (Å²) in [7, 11) is 0. The first kappa shape index (κ1) is 16.9. The first-order chi connectivity index (χ1) is 10.1. The third-order valence-corrected chi connectivity index (χ3v) is 5.90. The molecule has 0 amide bonds. The molecule has 0 aliphatic heterocycles. The van der Waals surface area contributed by atoms with Crippen molar-refractivity contribution in [3.8, 4) is 0 Å². The van der Waals surface area contributed by atoms with Gasteiger partial charge in [-0.1, -0.05) is 31.7 Å². The Morgan fingerprint density at radius 2 is 2.19 bits per heavy atom. The van der Waals surface area contributed by atoms with E-state index in [2.05, 4.69) is 69.6 Å². The van der Waals surface area contributed by atoms with Gasteiger partial charge in [-0.3, -0.25) is 0 Å². The third kappa shape index (κ3) is 4.77. The fourth-order valence-corrected chi connectivity index (χ4v) is 4.17. The molecule has 1 aromatic heterocycles. The van der Waals surface area contributed by atoms with E-state index in [0.717, 1.165) is 34.0 Å². The summed E-state index contributed by atoms with van der Waals surface area (Å²) < 4.78 is 6.44. The summed E-state index contributed by atoms with van der Waals surface area (Å²) in [6, 6.07) is 6.90. The van der Waals surface area contributed by atoms with Gasteiger partial charge in [0.2, 0.25) is 0 Å². The maximum absolute atomic E-state index is 4.50. The Balaban J connectivity index is 2.08. The largest absolute Gasteiger partial charge is 0.310 e. The van der Waals surface area contributed by atoms with Crippen molar-refractivity contribution in [1.29, 1.82) is 0 Å². The summed E-state index contributed by atoms with van der Waals surface area (Å²) in [5, 5.41) is 3.51. The number of halogens is 1. The molecule has 0 saturated carbocycles. The molecule has 1 unspecified atom stereocenters. The first-order valence-corrected chi connectivity index (χ1v) is 9.55. The normalized spacial score (nSPS) is 12.6. The van der Waals surface area contributed by atoms with Crippen molar-refractivity contribution in [2.24, 2.45) is 0 Å². The molecule has 0 spiro atoms. The van der Waals surface area contributed by atoms with Crippen molar-refractivity contribution in [3.63, 3.8) is 0 Å². The van der Waals surface area contributed by atoms with Crippen molar-refractivity contribution in [1.82, 2.24) is 14.7 Å². The van der Waals surface area contributed by atoms with Crippen LogP contribution in [0.3, 0.4) is 0 Å². The molecule has 2 aromatic rings. The minimum atomic E-state index is 0.369. The number of nitrogens with zero attached hydrogens (tertiary/aromatic N) is 2. The molecule has 6 heteroatoms. The van der Waals surface area contributed by atoms with Crippen LogP contribution in [0.15, 0.2) is 31.9 Å². The Hall–Kier alpha value is -0.430. The number of aromatic nitrogens is 2. The number of hydrogen-bond acceptors (Lipinski definition) is 5. The monoisotopic (exact) mass is 385 g/mol. The Morgan fingerprint density at radius 3 is 2.81 bits per heavy atom. The first-order valence-electron chi connectivity index (χ1n) is 7.17. The lowest BCUT2D eigenvalue weighted by Gasteiger charge is -2.14. The van der Waals surface area contributed by atoms with Crippen LogP contribution >= 0.6 is 39.2 Å². The lowest BCUT2D eigenvalue weighted by atomic mass is 10.1. The molecule has 3 nitrogen and oxygen atoms in total. The number of rotatable bonds is 7. The van der Waals surface area contributed by atoms with E-state index >= 15 is 0 Å². The van der Waals surface area contributed by atoms with E-state index in [9.17, 15) is 0 Å². The highest BCUT2D eigenvalue weighted by Crippen LogP contribution is 2.35. The van der Waals surface area contributed by atoms with Crippen LogP contribution in [0, 0.1) is 0 Å². The van der Waals surface area contributed by atoms with E-state index < -0.39 is 0 Å². The van der Waals surface area contributed by atoms with Crippen LogP contribution in [0.4, 0.5) is 0 Å². The van der Waals surface area contributed by atoms with E-state index in [1.54, 1.807) is 11.8 Å². The predicted molar refractivity (Wildman–Crippen MR) is 94.3 cm³/mol. The van der Waals surface area contributed by atoms with Gasteiger partial charge in [-0.05, 0) is 65.0 Å². The van der Waals surface area contributed by atoms with Crippen LogP contribution < -0.4 is 5.32 Å². The SMILES string of the molecule is CCCNC(C)c1ccc(Sc2nc(CC)ns2)c(Br)c1. The van der Waals surface area contributed by atoms with Crippen molar-refractivity contribution in [2.45, 2.75) is 48.9 Å². The highest BCUT2D eigenvalue weighted by atomic mass is 79.9. The Labute approximate surface area is 143 Å². The number of nitrogens with one attached hydrogen (secondary N) is 1. The molecule has 0 saturated heterocycles. The lowest BCUT2D eigenvalue weighted by Crippen LogP contribution is -2.19. The van der Waals surface area contributed by atoms with Gasteiger partial charge in [0, 0.05) is 21.8 Å². The van der Waals surface area contributed by atoms with Crippen molar-refractivity contribution in [3.05, 3.63) is 34.1 Å². The van der Waals surface area contributed by atoms with Gasteiger partial charge in [-0.25, -0.2) is 4.98 Å². The van der Waals surface area contributed by atoms with Gasteiger partial charge in [0.05, 0.1) is 0 Å². The van der Waals surface area contributed by atoms with E-state index in [1.807, 2.05) is 0 Å². The molecule has 0 aliphatic rings. The maximum atomic E-state index is 4.50. The van der Waals surface area contributed by atoms with Crippen molar-refractivity contribution >= 4 is 39.2 Å². The zero-order valence-corrected chi connectivity index (χ0v) is 15.7. The van der Waals surface area contributed by atoms with Crippen molar-refractivity contribution in [2.75, 3.05) is 6.54 Å². The summed E-state index contributed by atoms with van der Waals surface area (Å²) in [5.41, 5.74) is 1.30. The fraction of sp³-hybridized carbons (Fsp3) is 0.467. The number of benzene rings is 1. The molecule has 0 radical (unpaired) electrons. The van der Waals surface area contributed by atoms with Gasteiger partial charge in [0.15, 0.2) is 4.34 Å². The Bertz CT molecular complexity index is 586. The maximum Gasteiger partial charge on any atom is 0.174 e. The van der Waals surface area contributed by atoms with E-state index in [1.165, 1.54) is 22.0 Å². The fourth-order valence-electron chi connectivity index (χ4n) is 1.86. The molecule has 0 fully saturated rings. The second kappa shape index (κ2) is 8.27. The van der Waals surface area contributed by atoms with Crippen LogP contribution in [0.5, 0.6) is 0 Å². The molecule has 1 N–H and O–H groups in total. The van der Waals surface area contributed by atoms with Crippen LogP contribution in [0.2, 0.25) is 0 Å². The molecule has 114 valence electrons. The van der Waals surface area contributed by atoms with Gasteiger partial charge in [-0.2, -0.15) is 4.37 Å². The van der Waals surface area contributed by atoms with Gasteiger partial charge in [0.25, 0.3) is 0 Å². The number of hydrogen-bond donors (Lipinski definition) is 1. The molecule has 1 heterocycles. The molecular weight excluding hydrogens is 366 g/mol. The quantitative estimate of drug-likeness (QED) is 0.721.